The summed E-state index contributed by atoms with van der Waals surface area (Å²) in [6.07, 6.45) is 2.59. The maximum Gasteiger partial charge on any atom is 0.304 e. The van der Waals surface area contributed by atoms with Gasteiger partial charge in [0.05, 0.1) is 6.42 Å². The van der Waals surface area contributed by atoms with E-state index in [9.17, 15) is 4.79 Å². The fourth-order valence-electron chi connectivity index (χ4n) is 3.12. The van der Waals surface area contributed by atoms with Crippen molar-refractivity contribution in [3.63, 3.8) is 0 Å². The van der Waals surface area contributed by atoms with Crippen LogP contribution in [0.1, 0.15) is 37.8 Å². The molecule has 1 unspecified atom stereocenters. The quantitative estimate of drug-likeness (QED) is 0.875. The van der Waals surface area contributed by atoms with Gasteiger partial charge in [0, 0.05) is 18.6 Å². The lowest BCUT2D eigenvalue weighted by Gasteiger charge is -2.29. The van der Waals surface area contributed by atoms with E-state index in [0.29, 0.717) is 12.6 Å². The number of nitrogens with zero attached hydrogens (tertiary/aromatic N) is 1. The van der Waals surface area contributed by atoms with Crippen LogP contribution in [0.15, 0.2) is 42.5 Å². The van der Waals surface area contributed by atoms with Gasteiger partial charge in [0.1, 0.15) is 0 Å². The van der Waals surface area contributed by atoms with Crippen molar-refractivity contribution in [2.24, 2.45) is 0 Å². The first kappa shape index (κ1) is 14.1. The lowest BCUT2D eigenvalue weighted by atomic mass is 9.98. The molecule has 1 atom stereocenters. The number of fused-ring (bicyclic) bond motifs is 1. The van der Waals surface area contributed by atoms with Crippen LogP contribution < -0.4 is 0 Å². The van der Waals surface area contributed by atoms with Crippen molar-refractivity contribution < 1.29 is 9.90 Å². The molecule has 110 valence electrons. The van der Waals surface area contributed by atoms with Crippen molar-refractivity contribution in [2.75, 3.05) is 6.54 Å². The fourth-order valence-corrected chi connectivity index (χ4v) is 3.12. The lowest BCUT2D eigenvalue weighted by molar-refractivity contribution is -0.137. The minimum absolute atomic E-state index is 0.214. The molecule has 3 nitrogen and oxygen atoms in total. The fraction of sp³-hybridized carbons (Fsp3) is 0.389. The summed E-state index contributed by atoms with van der Waals surface area (Å²) < 4.78 is 0. The molecule has 1 fully saturated rings. The Balaban J connectivity index is 1.90. The zero-order chi connectivity index (χ0) is 14.8. The van der Waals surface area contributed by atoms with E-state index in [1.165, 1.54) is 29.2 Å². The van der Waals surface area contributed by atoms with Crippen molar-refractivity contribution in [3.8, 4) is 0 Å². The molecule has 2 aromatic carbocycles. The Morgan fingerprint density at radius 2 is 1.95 bits per heavy atom. The topological polar surface area (TPSA) is 40.5 Å². The molecule has 0 heterocycles. The molecular formula is C18H21NO2. The van der Waals surface area contributed by atoms with Crippen LogP contribution in [0.3, 0.4) is 0 Å². The number of carboxylic acids is 1. The number of carbonyl (C=O) groups is 1. The van der Waals surface area contributed by atoms with Gasteiger partial charge in [0.25, 0.3) is 0 Å². The molecular weight excluding hydrogens is 262 g/mol. The minimum atomic E-state index is -0.717. The van der Waals surface area contributed by atoms with Crippen LogP contribution in [0.5, 0.6) is 0 Å². The van der Waals surface area contributed by atoms with Gasteiger partial charge in [-0.2, -0.15) is 0 Å². The molecule has 1 aliphatic carbocycles. The van der Waals surface area contributed by atoms with E-state index in [2.05, 4.69) is 54.3 Å². The van der Waals surface area contributed by atoms with Gasteiger partial charge < -0.3 is 5.11 Å². The van der Waals surface area contributed by atoms with Crippen LogP contribution in [0.25, 0.3) is 10.8 Å². The molecule has 2 aromatic rings. The summed E-state index contributed by atoms with van der Waals surface area (Å²) in [5, 5.41) is 11.5. The molecule has 0 amide bonds. The molecule has 3 heteroatoms. The molecule has 3 rings (SSSR count). The average molecular weight is 283 g/mol. The average Bonchev–Trinajstić information content (AvgIpc) is 3.31. The van der Waals surface area contributed by atoms with Crippen molar-refractivity contribution in [2.45, 2.75) is 38.3 Å². The van der Waals surface area contributed by atoms with Gasteiger partial charge in [-0.1, -0.05) is 42.5 Å². The van der Waals surface area contributed by atoms with Crippen LogP contribution in [0, 0.1) is 0 Å². The summed E-state index contributed by atoms with van der Waals surface area (Å²) in [5.74, 6) is -0.717. The highest BCUT2D eigenvalue weighted by Gasteiger charge is 2.33. The van der Waals surface area contributed by atoms with E-state index in [4.69, 9.17) is 5.11 Å². The van der Waals surface area contributed by atoms with E-state index >= 15 is 0 Å². The third-order valence-electron chi connectivity index (χ3n) is 4.37. The Morgan fingerprint density at radius 1 is 1.24 bits per heavy atom. The van der Waals surface area contributed by atoms with E-state index in [1.807, 2.05) is 0 Å². The van der Waals surface area contributed by atoms with Crippen LogP contribution in [0.2, 0.25) is 0 Å². The van der Waals surface area contributed by atoms with Crippen LogP contribution in [-0.4, -0.2) is 28.6 Å². The second-order valence-electron chi connectivity index (χ2n) is 5.86. The maximum absolute atomic E-state index is 10.9. The van der Waals surface area contributed by atoms with Crippen molar-refractivity contribution >= 4 is 16.7 Å². The van der Waals surface area contributed by atoms with E-state index in [-0.39, 0.29) is 12.5 Å². The number of hydrogen-bond donors (Lipinski definition) is 1. The molecule has 0 bridgehead atoms. The molecule has 0 aliphatic heterocycles. The van der Waals surface area contributed by atoms with Gasteiger partial charge in [-0.05, 0) is 36.1 Å². The molecule has 21 heavy (non-hydrogen) atoms. The summed E-state index contributed by atoms with van der Waals surface area (Å²) in [5.41, 5.74) is 1.30. The molecule has 1 saturated carbocycles. The Labute approximate surface area is 125 Å². The zero-order valence-corrected chi connectivity index (χ0v) is 12.3. The van der Waals surface area contributed by atoms with Gasteiger partial charge in [-0.3, -0.25) is 9.69 Å². The van der Waals surface area contributed by atoms with Gasteiger partial charge >= 0.3 is 5.97 Å². The Morgan fingerprint density at radius 3 is 2.67 bits per heavy atom. The number of hydrogen-bond acceptors (Lipinski definition) is 2. The van der Waals surface area contributed by atoms with E-state index in [0.717, 1.165) is 0 Å². The maximum atomic E-state index is 10.9. The van der Waals surface area contributed by atoms with Crippen molar-refractivity contribution in [3.05, 3.63) is 48.0 Å². The standard InChI is InChI=1S/C18H21NO2/c1-13(19(15-9-10-15)12-11-18(20)21)16-8-4-6-14-5-2-3-7-17(14)16/h2-8,13,15H,9-12H2,1H3,(H,20,21). The van der Waals surface area contributed by atoms with E-state index in [1.54, 1.807) is 0 Å². The largest absolute Gasteiger partial charge is 0.481 e. The first-order valence-corrected chi connectivity index (χ1v) is 7.62. The van der Waals surface area contributed by atoms with Crippen molar-refractivity contribution in [1.29, 1.82) is 0 Å². The Hall–Kier alpha value is -1.87. The van der Waals surface area contributed by atoms with Gasteiger partial charge in [-0.25, -0.2) is 0 Å². The second kappa shape index (κ2) is 5.86. The number of benzene rings is 2. The predicted octanol–water partition coefficient (Wildman–Crippen LogP) is 3.84. The molecule has 1 N–H and O–H groups in total. The van der Waals surface area contributed by atoms with Gasteiger partial charge in [0.15, 0.2) is 0 Å². The van der Waals surface area contributed by atoms with E-state index < -0.39 is 5.97 Å². The third-order valence-corrected chi connectivity index (χ3v) is 4.37. The third kappa shape index (κ3) is 3.08. The molecule has 1 aliphatic rings. The summed E-state index contributed by atoms with van der Waals surface area (Å²) >= 11 is 0. The highest BCUT2D eigenvalue weighted by Crippen LogP contribution is 2.36. The first-order chi connectivity index (χ1) is 10.2. The molecule has 0 radical (unpaired) electrons. The number of rotatable bonds is 6. The summed E-state index contributed by atoms with van der Waals surface area (Å²) in [6, 6.07) is 15.6. The van der Waals surface area contributed by atoms with Crippen LogP contribution in [0.4, 0.5) is 0 Å². The van der Waals surface area contributed by atoms with Gasteiger partial charge in [-0.15, -0.1) is 0 Å². The first-order valence-electron chi connectivity index (χ1n) is 7.62. The minimum Gasteiger partial charge on any atom is -0.481 e. The summed E-state index contributed by atoms with van der Waals surface area (Å²) in [4.78, 5) is 13.2. The number of aliphatic carboxylic acids is 1. The highest BCUT2D eigenvalue weighted by atomic mass is 16.4. The van der Waals surface area contributed by atoms with Crippen molar-refractivity contribution in [1.82, 2.24) is 4.90 Å². The predicted molar refractivity (Wildman–Crippen MR) is 84.3 cm³/mol. The lowest BCUT2D eigenvalue weighted by Crippen LogP contribution is -2.31. The zero-order valence-electron chi connectivity index (χ0n) is 12.3. The molecule has 0 spiro atoms. The number of carboxylic acid groups (broad SMARTS) is 1. The molecule has 0 aromatic heterocycles. The molecule has 0 saturated heterocycles. The second-order valence-corrected chi connectivity index (χ2v) is 5.86. The summed E-state index contributed by atoms with van der Waals surface area (Å²) in [7, 11) is 0. The Kier molecular flexibility index (Phi) is 3.93. The summed E-state index contributed by atoms with van der Waals surface area (Å²) in [6.45, 7) is 2.83. The normalized spacial score (nSPS) is 16.3. The monoisotopic (exact) mass is 283 g/mol. The van der Waals surface area contributed by atoms with Crippen LogP contribution >= 0.6 is 0 Å². The van der Waals surface area contributed by atoms with Crippen LogP contribution in [-0.2, 0) is 4.79 Å². The highest BCUT2D eigenvalue weighted by molar-refractivity contribution is 5.86. The Bertz CT molecular complexity index is 643. The van der Waals surface area contributed by atoms with Gasteiger partial charge in [0.2, 0.25) is 0 Å². The SMILES string of the molecule is CC(c1cccc2ccccc12)N(CCC(=O)O)C1CC1. The smallest absolute Gasteiger partial charge is 0.304 e.